The van der Waals surface area contributed by atoms with E-state index in [4.69, 9.17) is 22.9 Å². The Labute approximate surface area is 63.2 Å². The summed E-state index contributed by atoms with van der Waals surface area (Å²) in [6.07, 6.45) is 0. The highest BCUT2D eigenvalue weighted by Crippen LogP contribution is 1.84. The summed E-state index contributed by atoms with van der Waals surface area (Å²) in [6, 6.07) is 0. The van der Waals surface area contributed by atoms with Crippen molar-refractivity contribution in [2.24, 2.45) is 0 Å². The first kappa shape index (κ1) is 0.677. The Morgan fingerprint density at radius 3 is 2.43 bits per heavy atom. The number of likely N-dealkylation sites (N-methyl/N-ethyl adjacent to an activating group) is 1. The van der Waals surface area contributed by atoms with Gasteiger partial charge in [-0.25, -0.2) is 0 Å². The highest BCUT2D eigenvalue weighted by Gasteiger charge is 2.02. The molecule has 0 atom stereocenters. The van der Waals surface area contributed by atoms with Crippen LogP contribution in [0.1, 0.15) is 17.8 Å². The number of aliphatic hydroxyl groups is 1. The lowest BCUT2D eigenvalue weighted by molar-refractivity contribution is -0.870. The predicted octanol–water partition coefficient (Wildman–Crippen LogP) is -0.315. The van der Waals surface area contributed by atoms with Crippen LogP contribution in [0.15, 0.2) is 0 Å². The van der Waals surface area contributed by atoms with Crippen molar-refractivity contribution in [2.75, 3.05) is 34.0 Å². The van der Waals surface area contributed by atoms with Gasteiger partial charge in [0.25, 0.3) is 0 Å². The SMILES string of the molecule is [2H]C([2H])(O)C([2H])([2H])[N+](C([2H])([2H])[2H])(C([2H])([2H])[2H])C([2H])([2H])[2H]. The topological polar surface area (TPSA) is 20.2 Å². The molecular weight excluding hydrogens is 90.1 g/mol. The minimum atomic E-state index is -4.16. The first-order valence-electron chi connectivity index (χ1n) is 7.87. The van der Waals surface area contributed by atoms with E-state index in [2.05, 4.69) is 0 Å². The summed E-state index contributed by atoms with van der Waals surface area (Å²) in [4.78, 5) is 0. The second-order valence-corrected chi connectivity index (χ2v) is 0.894. The number of nitrogens with zero attached hydrogens (tertiary/aromatic N) is 1. The molecule has 0 aliphatic rings. The van der Waals surface area contributed by atoms with E-state index in [9.17, 15) is 0 Å². The van der Waals surface area contributed by atoms with E-state index in [0.29, 0.717) is 0 Å². The minimum Gasteiger partial charge on any atom is -0.391 e. The highest BCUT2D eigenvalue weighted by atomic mass is 16.3. The van der Waals surface area contributed by atoms with Gasteiger partial charge >= 0.3 is 0 Å². The molecule has 0 saturated carbocycles. The van der Waals surface area contributed by atoms with Crippen molar-refractivity contribution < 1.29 is 27.4 Å². The van der Waals surface area contributed by atoms with Crippen LogP contribution in [0, 0.1) is 0 Å². The molecule has 0 spiro atoms. The van der Waals surface area contributed by atoms with Crippen LogP contribution < -0.4 is 0 Å². The van der Waals surface area contributed by atoms with Crippen molar-refractivity contribution in [3.05, 3.63) is 0 Å². The number of hydrogen-bond acceptors (Lipinski definition) is 1. The summed E-state index contributed by atoms with van der Waals surface area (Å²) >= 11 is 0. The van der Waals surface area contributed by atoms with E-state index in [1.165, 1.54) is 0 Å². The quantitative estimate of drug-likeness (QED) is 0.492. The van der Waals surface area contributed by atoms with Gasteiger partial charge in [0.15, 0.2) is 0 Å². The van der Waals surface area contributed by atoms with Crippen LogP contribution >= 0.6 is 0 Å². The molecule has 0 aliphatic heterocycles. The molecule has 0 rings (SSSR count). The maximum absolute atomic E-state index is 9.16. The molecule has 0 radical (unpaired) electrons. The Morgan fingerprint density at radius 2 is 2.29 bits per heavy atom. The van der Waals surface area contributed by atoms with Crippen LogP contribution in [0.4, 0.5) is 0 Å². The van der Waals surface area contributed by atoms with Gasteiger partial charge in [0.1, 0.15) is 6.50 Å². The molecule has 2 heteroatoms. The van der Waals surface area contributed by atoms with Gasteiger partial charge in [0.2, 0.25) is 0 Å². The van der Waals surface area contributed by atoms with Crippen molar-refractivity contribution in [2.45, 2.75) is 0 Å². The second-order valence-electron chi connectivity index (χ2n) is 0.894. The average molecular weight is 117 g/mol. The second kappa shape index (κ2) is 2.28. The zero-order valence-electron chi connectivity index (χ0n) is 16.4. The molecule has 0 heterocycles. The van der Waals surface area contributed by atoms with Crippen LogP contribution in [-0.4, -0.2) is 43.6 Å². The van der Waals surface area contributed by atoms with Gasteiger partial charge in [-0.3, -0.25) is 0 Å². The summed E-state index contributed by atoms with van der Waals surface area (Å²) in [6.45, 7) is -20.2. The zero-order valence-corrected chi connectivity index (χ0v) is 3.39. The van der Waals surface area contributed by atoms with Crippen molar-refractivity contribution in [1.82, 2.24) is 0 Å². The van der Waals surface area contributed by atoms with Crippen molar-refractivity contribution in [1.29, 1.82) is 0 Å². The first-order valence-corrected chi connectivity index (χ1v) is 1.37. The molecule has 0 aromatic carbocycles. The fourth-order valence-corrected chi connectivity index (χ4v) is 0.0750. The monoisotopic (exact) mass is 117 g/mol. The van der Waals surface area contributed by atoms with Gasteiger partial charge in [-0.2, -0.15) is 0 Å². The van der Waals surface area contributed by atoms with E-state index in [1.807, 2.05) is 0 Å². The van der Waals surface area contributed by atoms with Crippen LogP contribution in [0.2, 0.25) is 0 Å². The van der Waals surface area contributed by atoms with Gasteiger partial charge in [-0.15, -0.1) is 0 Å². The Morgan fingerprint density at radius 1 is 1.71 bits per heavy atom. The average Bonchev–Trinajstić information content (AvgIpc) is 1.89. The third-order valence-electron chi connectivity index (χ3n) is 0.218. The molecule has 44 valence electrons. The maximum atomic E-state index is 9.16. The Bertz CT molecular complexity index is 319. The molecule has 0 amide bonds. The third kappa shape index (κ3) is 5.92. The Balaban J connectivity index is 6.83. The summed E-state index contributed by atoms with van der Waals surface area (Å²) in [5.74, 6) is 0. The number of hydrogen-bond donors (Lipinski definition) is 1. The van der Waals surface area contributed by atoms with Crippen molar-refractivity contribution in [3.8, 4) is 0 Å². The van der Waals surface area contributed by atoms with Crippen molar-refractivity contribution in [3.63, 3.8) is 0 Å². The van der Waals surface area contributed by atoms with Gasteiger partial charge in [0.05, 0.1) is 45.3 Å². The molecule has 2 nitrogen and oxygen atoms in total. The van der Waals surface area contributed by atoms with E-state index >= 15 is 0 Å². The summed E-state index contributed by atoms with van der Waals surface area (Å²) in [5, 5.41) is 9.16. The van der Waals surface area contributed by atoms with E-state index in [1.54, 1.807) is 0 Å². The molecular formula is C5H14NO+. The van der Waals surface area contributed by atoms with Crippen LogP contribution in [-0.2, 0) is 0 Å². The summed E-state index contributed by atoms with van der Waals surface area (Å²) in [7, 11) is 0. The lowest BCUT2D eigenvalue weighted by atomic mass is 10.5. The standard InChI is InChI=1S/C5H14NO/c1-6(2,3)4-5-7/h7H,4-5H2,1-3H3/q+1/i1D3,2D3,3D3,4D2,5D2. The molecule has 0 aromatic heterocycles. The molecule has 1 N–H and O–H groups in total. The normalized spacial score (nSPS) is 49.0. The lowest BCUT2D eigenvalue weighted by Crippen LogP contribution is -2.36. The van der Waals surface area contributed by atoms with Crippen LogP contribution in [0.3, 0.4) is 0 Å². The molecule has 7 heavy (non-hydrogen) atoms. The molecule has 0 bridgehead atoms. The van der Waals surface area contributed by atoms with Crippen LogP contribution in [0.5, 0.6) is 0 Å². The summed E-state index contributed by atoms with van der Waals surface area (Å²) < 4.78 is 89.7. The molecule has 0 aliphatic carbocycles. The third-order valence-corrected chi connectivity index (χ3v) is 0.218. The zero-order chi connectivity index (χ0) is 17.0. The van der Waals surface area contributed by atoms with E-state index in [0.717, 1.165) is 0 Å². The minimum absolute atomic E-state index is 3.22. The predicted molar refractivity (Wildman–Crippen MR) is 30.0 cm³/mol. The van der Waals surface area contributed by atoms with Gasteiger partial charge in [-0.1, -0.05) is 0 Å². The smallest absolute Gasteiger partial charge is 0.101 e. The Kier molecular flexibility index (Phi) is 0.221. The molecule has 0 aromatic rings. The van der Waals surface area contributed by atoms with Crippen molar-refractivity contribution >= 4 is 0 Å². The Hall–Kier alpha value is -0.0800. The highest BCUT2D eigenvalue weighted by molar-refractivity contribution is 4.19. The number of quaternary nitrogens is 1. The van der Waals surface area contributed by atoms with E-state index < -0.39 is 38.5 Å². The fraction of sp³-hybridized carbons (Fsp3) is 1.00. The van der Waals surface area contributed by atoms with Crippen LogP contribution in [0.25, 0.3) is 0 Å². The molecule has 0 fully saturated rings. The maximum Gasteiger partial charge on any atom is 0.101 e. The number of rotatable bonds is 2. The largest absolute Gasteiger partial charge is 0.391 e. The summed E-state index contributed by atoms with van der Waals surface area (Å²) in [5.41, 5.74) is 0. The molecule has 0 saturated heterocycles. The molecule has 0 unspecified atom stereocenters. The van der Waals surface area contributed by atoms with Gasteiger partial charge in [-0.05, 0) is 0 Å². The van der Waals surface area contributed by atoms with E-state index in [-0.39, 0.29) is 0 Å². The van der Waals surface area contributed by atoms with Gasteiger partial charge in [0, 0.05) is 0 Å². The fourth-order valence-electron chi connectivity index (χ4n) is 0.0750. The van der Waals surface area contributed by atoms with Gasteiger partial charge < -0.3 is 9.59 Å². The first-order chi connectivity index (χ1) is 8.25. The lowest BCUT2D eigenvalue weighted by Gasteiger charge is -2.21.